The van der Waals surface area contributed by atoms with Gasteiger partial charge in [0.05, 0.1) is 0 Å². The number of halogens is 3. The lowest BCUT2D eigenvalue weighted by Crippen LogP contribution is -2.30. The van der Waals surface area contributed by atoms with Crippen LogP contribution in [0.5, 0.6) is 0 Å². The fraction of sp³-hybridized carbons (Fsp3) is 0.375. The number of aliphatic imine (C=N–C) groups is 2. The van der Waals surface area contributed by atoms with E-state index in [1.54, 1.807) is 18.2 Å². The molecular formula is C16H16F3N3O. The molecule has 3 rings (SSSR count). The van der Waals surface area contributed by atoms with Crippen molar-refractivity contribution in [2.75, 3.05) is 19.6 Å². The number of nitrogens with zero attached hydrogens (tertiary/aromatic N) is 3. The van der Waals surface area contributed by atoms with Crippen LogP contribution in [0.15, 0.2) is 38.7 Å². The van der Waals surface area contributed by atoms with Gasteiger partial charge in [0.2, 0.25) is 0 Å². The van der Waals surface area contributed by atoms with Gasteiger partial charge in [-0.05, 0) is 31.7 Å². The molecule has 0 N–H and O–H groups in total. The molecule has 0 radical (unpaired) electrons. The molecule has 0 aliphatic carbocycles. The van der Waals surface area contributed by atoms with Gasteiger partial charge >= 0.3 is 6.18 Å². The Kier molecular flexibility index (Phi) is 4.11. The summed E-state index contributed by atoms with van der Waals surface area (Å²) in [4.78, 5) is 9.57. The third-order valence-electron chi connectivity index (χ3n) is 3.74. The molecule has 1 fully saturated rings. The Morgan fingerprint density at radius 1 is 1.22 bits per heavy atom. The minimum atomic E-state index is -4.36. The lowest BCUT2D eigenvalue weighted by molar-refractivity contribution is -0.118. The number of alkyl halides is 3. The molecule has 122 valence electrons. The summed E-state index contributed by atoms with van der Waals surface area (Å²) in [6.45, 7) is 3.60. The van der Waals surface area contributed by atoms with Crippen LogP contribution in [0.2, 0.25) is 0 Å². The van der Waals surface area contributed by atoms with Crippen molar-refractivity contribution in [3.8, 4) is 0 Å². The van der Waals surface area contributed by atoms with Crippen molar-refractivity contribution >= 4 is 29.2 Å². The molecule has 7 heteroatoms. The highest BCUT2D eigenvalue weighted by Crippen LogP contribution is 2.34. The number of likely N-dealkylation sites (tertiary alicyclic amines) is 1. The van der Waals surface area contributed by atoms with Crippen LogP contribution in [-0.4, -0.2) is 43.3 Å². The minimum absolute atomic E-state index is 0.207. The zero-order chi connectivity index (χ0) is 16.4. The van der Waals surface area contributed by atoms with Gasteiger partial charge in [-0.2, -0.15) is 13.2 Å². The Hall–Kier alpha value is -2.31. The topological polar surface area (TPSA) is 41.1 Å². The summed E-state index contributed by atoms with van der Waals surface area (Å²) in [6, 6.07) is 7.17. The van der Waals surface area contributed by atoms with E-state index < -0.39 is 12.7 Å². The van der Waals surface area contributed by atoms with Crippen molar-refractivity contribution in [2.45, 2.75) is 19.0 Å². The predicted molar refractivity (Wildman–Crippen MR) is 83.7 cm³/mol. The molecule has 1 saturated heterocycles. The second-order valence-corrected chi connectivity index (χ2v) is 5.38. The van der Waals surface area contributed by atoms with E-state index in [9.17, 15) is 13.2 Å². The summed E-state index contributed by atoms with van der Waals surface area (Å²) in [5.74, 6) is 0.464. The van der Waals surface area contributed by atoms with Gasteiger partial charge in [-0.3, -0.25) is 9.98 Å². The molecule has 23 heavy (non-hydrogen) atoms. The third kappa shape index (κ3) is 3.23. The van der Waals surface area contributed by atoms with Crippen LogP contribution in [0, 0.1) is 0 Å². The number of fused-ring (bicyclic) bond motifs is 1. The van der Waals surface area contributed by atoms with Crippen molar-refractivity contribution in [3.63, 3.8) is 0 Å². The van der Waals surface area contributed by atoms with E-state index >= 15 is 0 Å². The highest BCUT2D eigenvalue weighted by atomic mass is 19.4. The summed E-state index contributed by atoms with van der Waals surface area (Å²) in [7, 11) is 0. The summed E-state index contributed by atoms with van der Waals surface area (Å²) in [5, 5.41) is 0.719. The lowest BCUT2D eigenvalue weighted by Gasteiger charge is -2.19. The first-order chi connectivity index (χ1) is 11.0. The molecule has 1 aromatic heterocycles. The Balaban J connectivity index is 2.10. The molecule has 1 aliphatic rings. The second-order valence-electron chi connectivity index (χ2n) is 5.38. The van der Waals surface area contributed by atoms with Crippen molar-refractivity contribution in [1.29, 1.82) is 0 Å². The number of rotatable bonds is 3. The summed E-state index contributed by atoms with van der Waals surface area (Å²) < 4.78 is 43.6. The van der Waals surface area contributed by atoms with Gasteiger partial charge in [-0.25, -0.2) is 0 Å². The zero-order valence-electron chi connectivity index (χ0n) is 12.4. The Morgan fingerprint density at radius 3 is 2.57 bits per heavy atom. The molecule has 2 heterocycles. The summed E-state index contributed by atoms with van der Waals surface area (Å²) in [6.07, 6.45) is -2.52. The number of hydrogen-bond acceptors (Lipinski definition) is 3. The summed E-state index contributed by atoms with van der Waals surface area (Å²) in [5.41, 5.74) is 0.997. The van der Waals surface area contributed by atoms with Crippen molar-refractivity contribution in [2.24, 2.45) is 9.98 Å². The second kappa shape index (κ2) is 6.06. The lowest BCUT2D eigenvalue weighted by atomic mass is 10.2. The van der Waals surface area contributed by atoms with E-state index in [2.05, 4.69) is 16.7 Å². The molecular weight excluding hydrogens is 307 g/mol. The molecule has 0 unspecified atom stereocenters. The molecule has 4 nitrogen and oxygen atoms in total. The van der Waals surface area contributed by atoms with Crippen molar-refractivity contribution in [3.05, 3.63) is 30.0 Å². The molecule has 1 aliphatic heterocycles. The van der Waals surface area contributed by atoms with Gasteiger partial charge in [0, 0.05) is 18.5 Å². The van der Waals surface area contributed by atoms with E-state index in [0.29, 0.717) is 24.4 Å². The molecule has 2 aromatic rings. The number of para-hydroxylation sites is 1. The van der Waals surface area contributed by atoms with Crippen LogP contribution >= 0.6 is 0 Å². The quantitative estimate of drug-likeness (QED) is 0.628. The van der Waals surface area contributed by atoms with Crippen LogP contribution < -0.4 is 0 Å². The smallest absolute Gasteiger partial charge is 0.408 e. The van der Waals surface area contributed by atoms with Gasteiger partial charge in [-0.1, -0.05) is 12.1 Å². The van der Waals surface area contributed by atoms with E-state index in [1.807, 2.05) is 11.0 Å². The Labute approximate surface area is 131 Å². The fourth-order valence-corrected chi connectivity index (χ4v) is 2.75. The molecule has 0 amide bonds. The first kappa shape index (κ1) is 15.6. The fourth-order valence-electron chi connectivity index (χ4n) is 2.75. The van der Waals surface area contributed by atoms with Gasteiger partial charge in [-0.15, -0.1) is 0 Å². The first-order valence-electron chi connectivity index (χ1n) is 7.34. The number of hydrogen-bond donors (Lipinski definition) is 0. The van der Waals surface area contributed by atoms with Crippen LogP contribution in [0.4, 0.5) is 18.9 Å². The average Bonchev–Trinajstić information content (AvgIpc) is 3.13. The van der Waals surface area contributed by atoms with E-state index in [-0.39, 0.29) is 11.6 Å². The number of benzene rings is 1. The van der Waals surface area contributed by atoms with E-state index in [1.165, 1.54) is 0 Å². The monoisotopic (exact) mass is 323 g/mol. The first-order valence-corrected chi connectivity index (χ1v) is 7.34. The molecule has 1 aromatic carbocycles. The van der Waals surface area contributed by atoms with E-state index in [0.717, 1.165) is 18.2 Å². The maximum absolute atomic E-state index is 12.6. The zero-order valence-corrected chi connectivity index (χ0v) is 12.4. The SMILES string of the molecule is C=Nc1c(C(=NCC(F)(F)F)N2CCCC2)oc2ccccc12. The summed E-state index contributed by atoms with van der Waals surface area (Å²) >= 11 is 0. The van der Waals surface area contributed by atoms with Crippen LogP contribution in [0.25, 0.3) is 11.0 Å². The average molecular weight is 323 g/mol. The minimum Gasteiger partial charge on any atom is -0.450 e. The predicted octanol–water partition coefficient (Wildman–Crippen LogP) is 4.17. The van der Waals surface area contributed by atoms with Crippen molar-refractivity contribution < 1.29 is 17.6 Å². The number of amidine groups is 1. The van der Waals surface area contributed by atoms with E-state index in [4.69, 9.17) is 4.42 Å². The molecule has 0 bridgehead atoms. The normalized spacial score (nSPS) is 16.3. The van der Waals surface area contributed by atoms with Crippen LogP contribution in [0.1, 0.15) is 18.6 Å². The van der Waals surface area contributed by atoms with Gasteiger partial charge in [0.1, 0.15) is 17.8 Å². The van der Waals surface area contributed by atoms with Gasteiger partial charge < -0.3 is 9.32 Å². The van der Waals surface area contributed by atoms with Crippen molar-refractivity contribution in [1.82, 2.24) is 4.90 Å². The highest BCUT2D eigenvalue weighted by molar-refractivity contribution is 6.08. The molecule has 0 atom stereocenters. The Bertz CT molecular complexity index is 743. The standard InChI is InChI=1S/C16H16F3N3O/c1-20-13-11-6-2-3-7-12(11)23-14(13)15(21-10-16(17,18)19)22-8-4-5-9-22/h2-3,6-7H,1,4-5,8-10H2. The maximum Gasteiger partial charge on any atom is 0.408 e. The van der Waals surface area contributed by atoms with Crippen LogP contribution in [-0.2, 0) is 0 Å². The van der Waals surface area contributed by atoms with Gasteiger partial charge in [0.15, 0.2) is 11.6 Å². The highest BCUT2D eigenvalue weighted by Gasteiger charge is 2.30. The number of furan rings is 1. The molecule has 0 saturated carbocycles. The third-order valence-corrected chi connectivity index (χ3v) is 3.74. The van der Waals surface area contributed by atoms with Crippen LogP contribution in [0.3, 0.4) is 0 Å². The van der Waals surface area contributed by atoms with Gasteiger partial charge in [0.25, 0.3) is 0 Å². The Morgan fingerprint density at radius 2 is 1.91 bits per heavy atom. The largest absolute Gasteiger partial charge is 0.450 e. The maximum atomic E-state index is 12.6. The molecule has 0 spiro atoms.